The van der Waals surface area contributed by atoms with Gasteiger partial charge in [0.2, 0.25) is 0 Å². The molecule has 0 bridgehead atoms. The van der Waals surface area contributed by atoms with Crippen LogP contribution in [-0.4, -0.2) is 28.0 Å². The number of nitrogens with one attached hydrogen (secondary N) is 2. The summed E-state index contributed by atoms with van der Waals surface area (Å²) in [5.41, 5.74) is 1.26. The smallest absolute Gasteiger partial charge is 0.261 e. The van der Waals surface area contributed by atoms with E-state index in [2.05, 4.69) is 10.0 Å². The molecule has 2 N–H and O–H groups in total. The fraction of sp³-hybridized carbons (Fsp3) is 0.235. The van der Waals surface area contributed by atoms with E-state index in [1.54, 1.807) is 32.0 Å². The van der Waals surface area contributed by atoms with E-state index in [1.165, 1.54) is 25.3 Å². The molecule has 6 nitrogen and oxygen atoms in total. The fourth-order valence-corrected chi connectivity index (χ4v) is 3.62. The number of ether oxygens (including phenoxy) is 1. The predicted octanol–water partition coefficient (Wildman–Crippen LogP) is 3.21. The first-order valence-corrected chi connectivity index (χ1v) is 9.39. The van der Waals surface area contributed by atoms with Gasteiger partial charge in [-0.1, -0.05) is 11.6 Å². The Balaban J connectivity index is 2.42. The second-order valence-corrected chi connectivity index (χ2v) is 7.41. The van der Waals surface area contributed by atoms with Crippen molar-refractivity contribution in [2.45, 2.75) is 18.7 Å². The third kappa shape index (κ3) is 4.43. The van der Waals surface area contributed by atoms with E-state index in [1.807, 2.05) is 0 Å². The number of rotatable bonds is 6. The molecule has 0 atom stereocenters. The van der Waals surface area contributed by atoms with Gasteiger partial charge in [0.1, 0.15) is 5.75 Å². The summed E-state index contributed by atoms with van der Waals surface area (Å²) in [5.74, 6) is -0.105. The normalized spacial score (nSPS) is 11.0. The zero-order chi connectivity index (χ0) is 18.6. The molecule has 0 saturated carbocycles. The number of halogens is 1. The molecular formula is C17H19ClN2O4S. The Morgan fingerprint density at radius 3 is 2.52 bits per heavy atom. The number of benzene rings is 2. The summed E-state index contributed by atoms with van der Waals surface area (Å²) in [6.07, 6.45) is 0. The highest BCUT2D eigenvalue weighted by Crippen LogP contribution is 2.26. The van der Waals surface area contributed by atoms with E-state index in [0.29, 0.717) is 28.6 Å². The molecule has 1 amide bonds. The minimum Gasteiger partial charge on any atom is -0.496 e. The Labute approximate surface area is 152 Å². The lowest BCUT2D eigenvalue weighted by Gasteiger charge is -2.13. The molecule has 0 fully saturated rings. The van der Waals surface area contributed by atoms with Crippen molar-refractivity contribution in [3.8, 4) is 5.75 Å². The minimum atomic E-state index is -3.87. The van der Waals surface area contributed by atoms with Crippen LogP contribution in [0.5, 0.6) is 5.75 Å². The molecule has 0 radical (unpaired) electrons. The summed E-state index contributed by atoms with van der Waals surface area (Å²) in [6.45, 7) is 3.94. The van der Waals surface area contributed by atoms with Crippen LogP contribution in [0.2, 0.25) is 5.02 Å². The highest BCUT2D eigenvalue weighted by molar-refractivity contribution is 7.92. The van der Waals surface area contributed by atoms with Gasteiger partial charge in [0.05, 0.1) is 23.3 Å². The Bertz CT molecular complexity index is 898. The van der Waals surface area contributed by atoms with Crippen LogP contribution >= 0.6 is 11.6 Å². The number of carbonyl (C=O) groups is 1. The molecule has 0 aliphatic heterocycles. The maximum atomic E-state index is 12.7. The van der Waals surface area contributed by atoms with Crippen LogP contribution < -0.4 is 14.8 Å². The third-order valence-electron chi connectivity index (χ3n) is 3.50. The van der Waals surface area contributed by atoms with Crippen LogP contribution in [0.4, 0.5) is 5.69 Å². The van der Waals surface area contributed by atoms with Gasteiger partial charge < -0.3 is 10.1 Å². The topological polar surface area (TPSA) is 84.5 Å². The third-order valence-corrected chi connectivity index (χ3v) is 5.09. The maximum absolute atomic E-state index is 12.7. The molecule has 0 unspecified atom stereocenters. The number of amides is 1. The summed E-state index contributed by atoms with van der Waals surface area (Å²) < 4.78 is 33.0. The van der Waals surface area contributed by atoms with Crippen molar-refractivity contribution in [3.05, 3.63) is 52.5 Å². The Hall–Kier alpha value is -2.25. The van der Waals surface area contributed by atoms with E-state index < -0.39 is 15.9 Å². The summed E-state index contributed by atoms with van der Waals surface area (Å²) in [7, 11) is -2.46. The Morgan fingerprint density at radius 2 is 1.92 bits per heavy atom. The van der Waals surface area contributed by atoms with Crippen molar-refractivity contribution in [2.75, 3.05) is 18.4 Å². The second-order valence-electron chi connectivity index (χ2n) is 5.29. The lowest BCUT2D eigenvalue weighted by molar-refractivity contribution is 0.0952. The first-order valence-electron chi connectivity index (χ1n) is 7.53. The van der Waals surface area contributed by atoms with Crippen molar-refractivity contribution in [1.29, 1.82) is 0 Å². The van der Waals surface area contributed by atoms with Crippen LogP contribution in [0.25, 0.3) is 0 Å². The summed E-state index contributed by atoms with van der Waals surface area (Å²) in [6, 6.07) is 8.97. The largest absolute Gasteiger partial charge is 0.496 e. The van der Waals surface area contributed by atoms with Crippen molar-refractivity contribution in [1.82, 2.24) is 5.32 Å². The van der Waals surface area contributed by atoms with E-state index in [0.717, 1.165) is 0 Å². The molecule has 2 aromatic carbocycles. The zero-order valence-electron chi connectivity index (χ0n) is 14.1. The molecule has 0 aliphatic rings. The van der Waals surface area contributed by atoms with Gasteiger partial charge >= 0.3 is 0 Å². The predicted molar refractivity (Wildman–Crippen MR) is 98.0 cm³/mol. The van der Waals surface area contributed by atoms with Gasteiger partial charge in [-0.05, 0) is 55.8 Å². The highest BCUT2D eigenvalue weighted by Gasteiger charge is 2.20. The van der Waals surface area contributed by atoms with Gasteiger partial charge in [0.25, 0.3) is 15.9 Å². The fourth-order valence-electron chi connectivity index (χ4n) is 2.23. The summed E-state index contributed by atoms with van der Waals surface area (Å²) in [5, 5.41) is 3.15. The van der Waals surface area contributed by atoms with Crippen molar-refractivity contribution >= 4 is 33.2 Å². The number of carbonyl (C=O) groups excluding carboxylic acids is 1. The average molecular weight is 383 g/mol. The molecule has 134 valence electrons. The number of sulfonamides is 1. The molecule has 0 saturated heterocycles. The number of hydrogen-bond acceptors (Lipinski definition) is 4. The number of hydrogen-bond donors (Lipinski definition) is 2. The van der Waals surface area contributed by atoms with E-state index in [-0.39, 0.29) is 10.5 Å². The van der Waals surface area contributed by atoms with Crippen molar-refractivity contribution in [2.24, 2.45) is 0 Å². The van der Waals surface area contributed by atoms with Crippen LogP contribution in [0.1, 0.15) is 22.8 Å². The number of aryl methyl sites for hydroxylation is 1. The molecule has 25 heavy (non-hydrogen) atoms. The van der Waals surface area contributed by atoms with Crippen LogP contribution in [0, 0.1) is 6.92 Å². The molecule has 0 aliphatic carbocycles. The monoisotopic (exact) mass is 382 g/mol. The number of anilines is 1. The molecule has 2 rings (SSSR count). The second kappa shape index (κ2) is 7.76. The molecular weight excluding hydrogens is 364 g/mol. The molecule has 0 spiro atoms. The van der Waals surface area contributed by atoms with E-state index in [4.69, 9.17) is 16.3 Å². The molecule has 0 aromatic heterocycles. The van der Waals surface area contributed by atoms with Gasteiger partial charge in [0.15, 0.2) is 0 Å². The van der Waals surface area contributed by atoms with Gasteiger partial charge in [-0.3, -0.25) is 9.52 Å². The molecule has 2 aromatic rings. The highest BCUT2D eigenvalue weighted by atomic mass is 35.5. The quantitative estimate of drug-likeness (QED) is 0.803. The SMILES string of the molecule is CCNC(=O)c1cc(S(=O)(=O)Nc2ccc(Cl)cc2C)ccc1OC. The first-order chi connectivity index (χ1) is 11.8. The Morgan fingerprint density at radius 1 is 1.20 bits per heavy atom. The van der Waals surface area contributed by atoms with Gasteiger partial charge in [-0.15, -0.1) is 0 Å². The standard InChI is InChI=1S/C17H19ClN2O4S/c1-4-19-17(21)14-10-13(6-8-16(14)24-3)25(22,23)20-15-7-5-12(18)9-11(15)2/h5-10,20H,4H2,1-3H3,(H,19,21). The van der Waals surface area contributed by atoms with Gasteiger partial charge in [0, 0.05) is 11.6 Å². The lowest BCUT2D eigenvalue weighted by Crippen LogP contribution is -2.24. The minimum absolute atomic E-state index is 0.0381. The number of methoxy groups -OCH3 is 1. The Kier molecular flexibility index (Phi) is 5.92. The van der Waals surface area contributed by atoms with Crippen molar-refractivity contribution in [3.63, 3.8) is 0 Å². The lowest BCUT2D eigenvalue weighted by atomic mass is 10.2. The van der Waals surface area contributed by atoms with Gasteiger partial charge in [-0.2, -0.15) is 0 Å². The van der Waals surface area contributed by atoms with E-state index >= 15 is 0 Å². The summed E-state index contributed by atoms with van der Waals surface area (Å²) >= 11 is 5.89. The maximum Gasteiger partial charge on any atom is 0.261 e. The first kappa shape index (κ1) is 19.1. The zero-order valence-corrected chi connectivity index (χ0v) is 15.7. The van der Waals surface area contributed by atoms with Crippen LogP contribution in [0.3, 0.4) is 0 Å². The van der Waals surface area contributed by atoms with Crippen molar-refractivity contribution < 1.29 is 17.9 Å². The van der Waals surface area contributed by atoms with Crippen LogP contribution in [-0.2, 0) is 10.0 Å². The summed E-state index contributed by atoms with van der Waals surface area (Å²) in [4.78, 5) is 12.1. The van der Waals surface area contributed by atoms with E-state index in [9.17, 15) is 13.2 Å². The molecule has 8 heteroatoms. The molecule has 0 heterocycles. The average Bonchev–Trinajstić information content (AvgIpc) is 2.57. The van der Waals surface area contributed by atoms with Crippen LogP contribution in [0.15, 0.2) is 41.3 Å². The van der Waals surface area contributed by atoms with Gasteiger partial charge in [-0.25, -0.2) is 8.42 Å².